The molecular formula is C16H16N4O3S2. The quantitative estimate of drug-likeness (QED) is 0.763. The van der Waals surface area contributed by atoms with Crippen molar-refractivity contribution in [2.45, 2.75) is 6.92 Å². The molecule has 1 saturated heterocycles. The Bertz CT molecular complexity index is 876. The van der Waals surface area contributed by atoms with Crippen molar-refractivity contribution >= 4 is 45.4 Å². The van der Waals surface area contributed by atoms with Gasteiger partial charge in [0.15, 0.2) is 16.7 Å². The van der Waals surface area contributed by atoms with Crippen LogP contribution in [-0.4, -0.2) is 47.4 Å². The molecule has 0 unspecified atom stereocenters. The summed E-state index contributed by atoms with van der Waals surface area (Å²) in [6, 6.07) is 5.49. The topological polar surface area (TPSA) is 76.9 Å². The minimum Gasteiger partial charge on any atom is -0.493 e. The lowest BCUT2D eigenvalue weighted by atomic mass is 10.2. The smallest absolute Gasteiger partial charge is 0.266 e. The molecule has 2 heterocycles. The monoisotopic (exact) mass is 376 g/mol. The van der Waals surface area contributed by atoms with Gasteiger partial charge in [0.2, 0.25) is 5.13 Å². The SMILES string of the molecule is COc1ccc(/C=C2\S/C(=N/c3nnc(C)s3)N(C)C2=O)cc1OC. The summed E-state index contributed by atoms with van der Waals surface area (Å²) in [4.78, 5) is 19.0. The van der Waals surface area contributed by atoms with Gasteiger partial charge in [-0.1, -0.05) is 17.4 Å². The Morgan fingerprint density at radius 2 is 1.96 bits per heavy atom. The molecule has 1 fully saturated rings. The molecule has 0 bridgehead atoms. The minimum absolute atomic E-state index is 0.111. The number of hydrogen-bond donors (Lipinski definition) is 0. The number of aryl methyl sites for hydroxylation is 1. The van der Waals surface area contributed by atoms with Crippen molar-refractivity contribution in [2.75, 3.05) is 21.3 Å². The van der Waals surface area contributed by atoms with E-state index < -0.39 is 0 Å². The van der Waals surface area contributed by atoms with Crippen LogP contribution >= 0.6 is 23.1 Å². The first kappa shape index (κ1) is 17.4. The maximum atomic E-state index is 12.5. The summed E-state index contributed by atoms with van der Waals surface area (Å²) in [7, 11) is 4.85. The van der Waals surface area contributed by atoms with Crippen molar-refractivity contribution in [2.24, 2.45) is 4.99 Å². The molecule has 1 amide bonds. The number of methoxy groups -OCH3 is 2. The third kappa shape index (κ3) is 3.67. The molecule has 0 spiro atoms. The molecule has 0 atom stereocenters. The maximum absolute atomic E-state index is 12.5. The van der Waals surface area contributed by atoms with Crippen LogP contribution in [0.25, 0.3) is 6.08 Å². The van der Waals surface area contributed by atoms with Gasteiger partial charge in [0.1, 0.15) is 5.01 Å². The fraction of sp³-hybridized carbons (Fsp3) is 0.250. The van der Waals surface area contributed by atoms with E-state index in [0.717, 1.165) is 10.6 Å². The number of carbonyl (C=O) groups is 1. The minimum atomic E-state index is -0.111. The highest BCUT2D eigenvalue weighted by Gasteiger charge is 2.30. The summed E-state index contributed by atoms with van der Waals surface area (Å²) >= 11 is 2.68. The molecule has 1 aliphatic rings. The Morgan fingerprint density at radius 3 is 2.60 bits per heavy atom. The number of benzene rings is 1. The van der Waals surface area contributed by atoms with Gasteiger partial charge in [-0.25, -0.2) is 0 Å². The van der Waals surface area contributed by atoms with Crippen LogP contribution in [0.3, 0.4) is 0 Å². The van der Waals surface area contributed by atoms with E-state index in [1.807, 2.05) is 19.1 Å². The number of likely N-dealkylation sites (N-methyl/N-ethyl adjacent to an activating group) is 1. The molecule has 7 nitrogen and oxygen atoms in total. The number of hydrogen-bond acceptors (Lipinski definition) is 8. The molecule has 25 heavy (non-hydrogen) atoms. The first-order chi connectivity index (χ1) is 12.0. The highest BCUT2D eigenvalue weighted by atomic mass is 32.2. The summed E-state index contributed by atoms with van der Waals surface area (Å²) < 4.78 is 10.5. The average Bonchev–Trinajstić information content (AvgIpc) is 3.13. The van der Waals surface area contributed by atoms with Gasteiger partial charge >= 0.3 is 0 Å². The van der Waals surface area contributed by atoms with Crippen LogP contribution < -0.4 is 9.47 Å². The highest BCUT2D eigenvalue weighted by Crippen LogP contribution is 2.35. The van der Waals surface area contributed by atoms with Crippen LogP contribution in [-0.2, 0) is 4.79 Å². The molecule has 0 saturated carbocycles. The summed E-state index contributed by atoms with van der Waals surface area (Å²) in [5.74, 6) is 1.14. The standard InChI is InChI=1S/C16H16N4O3S2/c1-9-18-19-15(24-9)17-16-20(2)14(21)13(25-16)8-10-5-6-11(22-3)12(7-10)23-4/h5-8H,1-4H3/b13-8-,17-16+. The van der Waals surface area contributed by atoms with E-state index >= 15 is 0 Å². The Balaban J connectivity index is 1.89. The number of amidine groups is 1. The average molecular weight is 376 g/mol. The lowest BCUT2D eigenvalue weighted by Gasteiger charge is -2.08. The largest absolute Gasteiger partial charge is 0.493 e. The summed E-state index contributed by atoms with van der Waals surface area (Å²) in [5, 5.41) is 9.84. The summed E-state index contributed by atoms with van der Waals surface area (Å²) in [6.45, 7) is 1.86. The zero-order valence-corrected chi connectivity index (χ0v) is 15.8. The molecule has 130 valence electrons. The van der Waals surface area contributed by atoms with Gasteiger partial charge in [0.05, 0.1) is 19.1 Å². The Hall–Kier alpha value is -2.39. The van der Waals surface area contributed by atoms with Crippen LogP contribution in [0.4, 0.5) is 5.13 Å². The number of rotatable bonds is 4. The van der Waals surface area contributed by atoms with Crippen molar-refractivity contribution in [3.63, 3.8) is 0 Å². The van der Waals surface area contributed by atoms with Crippen molar-refractivity contribution in [3.05, 3.63) is 33.7 Å². The molecule has 0 radical (unpaired) electrons. The number of nitrogens with zero attached hydrogens (tertiary/aromatic N) is 4. The number of aromatic nitrogens is 2. The second-order valence-corrected chi connectivity index (χ2v) is 7.26. The second-order valence-electron chi connectivity index (χ2n) is 5.09. The van der Waals surface area contributed by atoms with Crippen LogP contribution in [0.15, 0.2) is 28.1 Å². The molecule has 2 aromatic rings. The highest BCUT2D eigenvalue weighted by molar-refractivity contribution is 8.18. The molecular weight excluding hydrogens is 360 g/mol. The molecule has 0 N–H and O–H groups in total. The fourth-order valence-corrected chi connectivity index (χ4v) is 3.74. The van der Waals surface area contributed by atoms with E-state index in [0.29, 0.717) is 26.7 Å². The normalized spacial score (nSPS) is 17.6. The number of aliphatic imine (C=N–C) groups is 1. The van der Waals surface area contributed by atoms with E-state index in [1.165, 1.54) is 28.0 Å². The molecule has 1 aliphatic heterocycles. The number of ether oxygens (including phenoxy) is 2. The van der Waals surface area contributed by atoms with E-state index in [1.54, 1.807) is 33.4 Å². The van der Waals surface area contributed by atoms with Crippen LogP contribution in [0.2, 0.25) is 0 Å². The number of amides is 1. The first-order valence-corrected chi connectivity index (χ1v) is 8.93. The third-order valence-corrected chi connectivity index (χ3v) is 5.21. The predicted octanol–water partition coefficient (Wildman–Crippen LogP) is 3.10. The van der Waals surface area contributed by atoms with E-state index in [-0.39, 0.29) is 5.91 Å². The van der Waals surface area contributed by atoms with Gasteiger partial charge < -0.3 is 9.47 Å². The van der Waals surface area contributed by atoms with Crippen LogP contribution in [0.1, 0.15) is 10.6 Å². The van der Waals surface area contributed by atoms with Crippen molar-refractivity contribution < 1.29 is 14.3 Å². The van der Waals surface area contributed by atoms with Crippen molar-refractivity contribution in [1.82, 2.24) is 15.1 Å². The van der Waals surface area contributed by atoms with Gasteiger partial charge in [-0.15, -0.1) is 10.2 Å². The second kappa shape index (κ2) is 7.24. The summed E-state index contributed by atoms with van der Waals surface area (Å²) in [5.41, 5.74) is 0.843. The number of thioether (sulfide) groups is 1. The molecule has 9 heteroatoms. The Labute approximate surface area is 153 Å². The van der Waals surface area contributed by atoms with Crippen molar-refractivity contribution in [3.8, 4) is 11.5 Å². The first-order valence-electron chi connectivity index (χ1n) is 7.30. The summed E-state index contributed by atoms with van der Waals surface area (Å²) in [6.07, 6.45) is 1.80. The predicted molar refractivity (Wildman–Crippen MR) is 99.6 cm³/mol. The molecule has 0 aliphatic carbocycles. The fourth-order valence-electron chi connectivity index (χ4n) is 2.16. The van der Waals surface area contributed by atoms with E-state index in [9.17, 15) is 4.79 Å². The zero-order valence-electron chi connectivity index (χ0n) is 14.1. The van der Waals surface area contributed by atoms with Crippen LogP contribution in [0.5, 0.6) is 11.5 Å². The number of carbonyl (C=O) groups excluding carboxylic acids is 1. The van der Waals surface area contributed by atoms with Gasteiger partial charge in [-0.3, -0.25) is 9.69 Å². The van der Waals surface area contributed by atoms with Crippen LogP contribution in [0, 0.1) is 6.92 Å². The van der Waals surface area contributed by atoms with Crippen molar-refractivity contribution in [1.29, 1.82) is 0 Å². The van der Waals surface area contributed by atoms with Gasteiger partial charge in [-0.2, -0.15) is 4.99 Å². The Kier molecular flexibility index (Phi) is 5.05. The van der Waals surface area contributed by atoms with E-state index in [2.05, 4.69) is 15.2 Å². The lowest BCUT2D eigenvalue weighted by Crippen LogP contribution is -2.23. The maximum Gasteiger partial charge on any atom is 0.266 e. The Morgan fingerprint density at radius 1 is 1.20 bits per heavy atom. The lowest BCUT2D eigenvalue weighted by molar-refractivity contribution is -0.121. The van der Waals surface area contributed by atoms with Gasteiger partial charge in [-0.05, 0) is 42.5 Å². The third-order valence-electron chi connectivity index (χ3n) is 3.42. The molecule has 1 aromatic carbocycles. The van der Waals surface area contributed by atoms with E-state index in [4.69, 9.17) is 9.47 Å². The zero-order chi connectivity index (χ0) is 18.0. The molecule has 3 rings (SSSR count). The molecule has 1 aromatic heterocycles. The van der Waals surface area contributed by atoms with Gasteiger partial charge in [0, 0.05) is 7.05 Å². The van der Waals surface area contributed by atoms with Gasteiger partial charge in [0.25, 0.3) is 5.91 Å².